The molecule has 0 aromatic heterocycles. The van der Waals surface area contributed by atoms with Gasteiger partial charge in [-0.15, -0.1) is 0 Å². The van der Waals surface area contributed by atoms with Crippen LogP contribution < -0.4 is 0 Å². The van der Waals surface area contributed by atoms with Crippen molar-refractivity contribution in [3.05, 3.63) is 0 Å². The number of carbonyl (C=O) groups excluding carboxylic acids is 1. The summed E-state index contributed by atoms with van der Waals surface area (Å²) >= 11 is 5.41. The third-order valence-corrected chi connectivity index (χ3v) is 1.57. The van der Waals surface area contributed by atoms with Crippen molar-refractivity contribution in [2.24, 2.45) is 0 Å². The third-order valence-electron chi connectivity index (χ3n) is 1.48. The standard InChI is InChI=1S/C9H17ClO3/c1-3-4-5-6-7-12-9(11)13-8(2)10/h8H,3-7H2,1-2H3. The molecule has 0 saturated carbocycles. The van der Waals surface area contributed by atoms with E-state index >= 15 is 0 Å². The van der Waals surface area contributed by atoms with Gasteiger partial charge in [-0.25, -0.2) is 4.79 Å². The van der Waals surface area contributed by atoms with Gasteiger partial charge in [0.05, 0.1) is 6.61 Å². The zero-order valence-corrected chi connectivity index (χ0v) is 8.97. The summed E-state index contributed by atoms with van der Waals surface area (Å²) in [5, 5.41) is 0. The molecule has 0 heterocycles. The molecule has 0 aliphatic rings. The molecule has 1 atom stereocenters. The molecule has 0 amide bonds. The lowest BCUT2D eigenvalue weighted by Gasteiger charge is -2.06. The summed E-state index contributed by atoms with van der Waals surface area (Å²) < 4.78 is 9.31. The van der Waals surface area contributed by atoms with Crippen molar-refractivity contribution in [2.75, 3.05) is 6.61 Å². The summed E-state index contributed by atoms with van der Waals surface area (Å²) in [6.45, 7) is 4.12. The molecule has 0 N–H and O–H groups in total. The maximum Gasteiger partial charge on any atom is 0.509 e. The summed E-state index contributed by atoms with van der Waals surface area (Å²) in [6, 6.07) is 0. The molecular formula is C9H17ClO3. The number of unbranched alkanes of at least 4 members (excludes halogenated alkanes) is 3. The van der Waals surface area contributed by atoms with E-state index in [1.54, 1.807) is 6.92 Å². The largest absolute Gasteiger partial charge is 0.509 e. The van der Waals surface area contributed by atoms with Gasteiger partial charge in [-0.05, 0) is 13.3 Å². The van der Waals surface area contributed by atoms with E-state index in [0.717, 1.165) is 12.8 Å². The van der Waals surface area contributed by atoms with Crippen molar-refractivity contribution in [1.82, 2.24) is 0 Å². The van der Waals surface area contributed by atoms with E-state index in [-0.39, 0.29) is 0 Å². The van der Waals surface area contributed by atoms with E-state index < -0.39 is 11.7 Å². The van der Waals surface area contributed by atoms with E-state index in [2.05, 4.69) is 11.7 Å². The Morgan fingerprint density at radius 1 is 1.38 bits per heavy atom. The minimum atomic E-state index is -0.681. The molecule has 78 valence electrons. The van der Waals surface area contributed by atoms with Crippen LogP contribution >= 0.6 is 11.6 Å². The Hall–Kier alpha value is -0.440. The lowest BCUT2D eigenvalue weighted by molar-refractivity contribution is 0.0486. The summed E-state index contributed by atoms with van der Waals surface area (Å²) in [5.74, 6) is 0. The summed E-state index contributed by atoms with van der Waals surface area (Å²) in [5.41, 5.74) is -0.622. The van der Waals surface area contributed by atoms with Crippen LogP contribution in [0.4, 0.5) is 4.79 Å². The second-order valence-corrected chi connectivity index (χ2v) is 3.43. The molecule has 0 aromatic rings. The van der Waals surface area contributed by atoms with E-state index in [1.165, 1.54) is 12.8 Å². The van der Waals surface area contributed by atoms with Crippen LogP contribution in [0, 0.1) is 0 Å². The molecule has 0 aliphatic heterocycles. The first-order valence-corrected chi connectivity index (χ1v) is 5.08. The van der Waals surface area contributed by atoms with Crippen molar-refractivity contribution in [2.45, 2.75) is 45.1 Å². The molecule has 0 fully saturated rings. The summed E-state index contributed by atoms with van der Waals surface area (Å²) in [4.78, 5) is 10.8. The van der Waals surface area contributed by atoms with Gasteiger partial charge in [-0.3, -0.25) is 0 Å². The van der Waals surface area contributed by atoms with Crippen LogP contribution in [-0.4, -0.2) is 18.3 Å². The average Bonchev–Trinajstić information content (AvgIpc) is 2.02. The molecule has 0 radical (unpaired) electrons. The topological polar surface area (TPSA) is 35.5 Å². The summed E-state index contributed by atoms with van der Waals surface area (Å²) in [6.07, 6.45) is 3.63. The number of carbonyl (C=O) groups is 1. The number of rotatable bonds is 6. The van der Waals surface area contributed by atoms with Crippen molar-refractivity contribution in [3.8, 4) is 0 Å². The fourth-order valence-corrected chi connectivity index (χ4v) is 0.924. The minimum Gasteiger partial charge on any atom is -0.434 e. The Kier molecular flexibility index (Phi) is 7.90. The second kappa shape index (κ2) is 8.17. The molecule has 1 unspecified atom stereocenters. The van der Waals surface area contributed by atoms with E-state index in [1.807, 2.05) is 0 Å². The fraction of sp³-hybridized carbons (Fsp3) is 0.889. The Morgan fingerprint density at radius 2 is 2.08 bits per heavy atom. The summed E-state index contributed by atoms with van der Waals surface area (Å²) in [7, 11) is 0. The first-order chi connectivity index (χ1) is 6.16. The quantitative estimate of drug-likeness (QED) is 0.382. The highest BCUT2D eigenvalue weighted by molar-refractivity contribution is 6.19. The number of hydrogen-bond acceptors (Lipinski definition) is 3. The van der Waals surface area contributed by atoms with Gasteiger partial charge in [0.25, 0.3) is 0 Å². The Bertz CT molecular complexity index is 137. The zero-order chi connectivity index (χ0) is 10.1. The highest BCUT2D eigenvalue weighted by atomic mass is 35.5. The van der Waals surface area contributed by atoms with Gasteiger partial charge < -0.3 is 9.47 Å². The van der Waals surface area contributed by atoms with Crippen molar-refractivity contribution in [1.29, 1.82) is 0 Å². The van der Waals surface area contributed by atoms with Crippen LogP contribution in [0.15, 0.2) is 0 Å². The van der Waals surface area contributed by atoms with Gasteiger partial charge >= 0.3 is 6.16 Å². The smallest absolute Gasteiger partial charge is 0.434 e. The number of ether oxygens (including phenoxy) is 2. The normalized spacial score (nSPS) is 12.2. The number of halogens is 1. The second-order valence-electron chi connectivity index (χ2n) is 2.82. The van der Waals surface area contributed by atoms with E-state index in [0.29, 0.717) is 6.61 Å². The van der Waals surface area contributed by atoms with Crippen LogP contribution in [0.25, 0.3) is 0 Å². The maximum atomic E-state index is 10.8. The zero-order valence-electron chi connectivity index (χ0n) is 8.22. The van der Waals surface area contributed by atoms with Crippen molar-refractivity contribution in [3.63, 3.8) is 0 Å². The lowest BCUT2D eigenvalue weighted by atomic mass is 10.2. The molecule has 0 saturated heterocycles. The van der Waals surface area contributed by atoms with Gasteiger partial charge in [0.2, 0.25) is 0 Å². The SMILES string of the molecule is CCCCCCOC(=O)OC(C)Cl. The predicted molar refractivity (Wildman–Crippen MR) is 51.9 cm³/mol. The molecule has 0 aliphatic carbocycles. The Labute approximate surface area is 84.4 Å². The average molecular weight is 209 g/mol. The minimum absolute atomic E-state index is 0.419. The first-order valence-electron chi connectivity index (χ1n) is 4.64. The van der Waals surface area contributed by atoms with Crippen LogP contribution in [0.3, 0.4) is 0 Å². The molecule has 0 spiro atoms. The van der Waals surface area contributed by atoms with Gasteiger partial charge in [-0.2, -0.15) is 0 Å². The van der Waals surface area contributed by atoms with Crippen molar-refractivity contribution >= 4 is 17.8 Å². The molecule has 13 heavy (non-hydrogen) atoms. The van der Waals surface area contributed by atoms with Gasteiger partial charge in [0.1, 0.15) is 0 Å². The highest BCUT2D eigenvalue weighted by Gasteiger charge is 2.06. The Balaban J connectivity index is 3.17. The number of alkyl halides is 1. The van der Waals surface area contributed by atoms with Crippen LogP contribution in [0.1, 0.15) is 39.5 Å². The van der Waals surface area contributed by atoms with E-state index in [9.17, 15) is 4.79 Å². The van der Waals surface area contributed by atoms with Gasteiger partial charge in [-0.1, -0.05) is 37.8 Å². The van der Waals surface area contributed by atoms with Gasteiger partial charge in [0.15, 0.2) is 5.56 Å². The van der Waals surface area contributed by atoms with E-state index in [4.69, 9.17) is 16.3 Å². The van der Waals surface area contributed by atoms with Gasteiger partial charge in [0, 0.05) is 0 Å². The monoisotopic (exact) mass is 208 g/mol. The molecule has 0 bridgehead atoms. The lowest BCUT2D eigenvalue weighted by Crippen LogP contribution is -2.12. The number of hydrogen-bond donors (Lipinski definition) is 0. The van der Waals surface area contributed by atoms with Crippen LogP contribution in [0.5, 0.6) is 0 Å². The molecule has 0 aromatic carbocycles. The van der Waals surface area contributed by atoms with Crippen molar-refractivity contribution < 1.29 is 14.3 Å². The Morgan fingerprint density at radius 3 is 2.62 bits per heavy atom. The highest BCUT2D eigenvalue weighted by Crippen LogP contribution is 2.02. The molecule has 4 heteroatoms. The van der Waals surface area contributed by atoms with Crippen LogP contribution in [-0.2, 0) is 9.47 Å². The first kappa shape index (κ1) is 12.6. The van der Waals surface area contributed by atoms with Crippen LogP contribution in [0.2, 0.25) is 0 Å². The predicted octanol–water partition coefficient (Wildman–Crippen LogP) is 3.30. The molecular weight excluding hydrogens is 192 g/mol. The molecule has 3 nitrogen and oxygen atoms in total. The molecule has 0 rings (SSSR count). The maximum absolute atomic E-state index is 10.8. The fourth-order valence-electron chi connectivity index (χ4n) is 0.851. The third kappa shape index (κ3) is 9.47.